The molecule has 0 aromatic heterocycles. The number of aliphatic hydroxyl groups excluding tert-OH is 1. The first kappa shape index (κ1) is 12.6. The fourth-order valence-electron chi connectivity index (χ4n) is 2.11. The predicted molar refractivity (Wildman–Crippen MR) is 65.6 cm³/mol. The Labute approximate surface area is 102 Å². The Morgan fingerprint density at radius 3 is 2.65 bits per heavy atom. The second-order valence-electron chi connectivity index (χ2n) is 4.52. The molecule has 1 aromatic rings. The van der Waals surface area contributed by atoms with Gasteiger partial charge >= 0.3 is 0 Å². The molecule has 1 heterocycles. The molecular weight excluding hydrogens is 216 g/mol. The van der Waals surface area contributed by atoms with Crippen LogP contribution >= 0.6 is 0 Å². The molecule has 0 radical (unpaired) electrons. The van der Waals surface area contributed by atoms with Crippen LogP contribution in [0, 0.1) is 5.92 Å². The summed E-state index contributed by atoms with van der Waals surface area (Å²) in [5.74, 6) is 0.333. The third kappa shape index (κ3) is 4.11. The molecule has 1 unspecified atom stereocenters. The predicted octanol–water partition coefficient (Wildman–Crippen LogP) is 1.99. The van der Waals surface area contributed by atoms with Crippen LogP contribution in [-0.4, -0.2) is 31.0 Å². The summed E-state index contributed by atoms with van der Waals surface area (Å²) in [5.41, 5.74) is 1.15. The lowest BCUT2D eigenvalue weighted by Crippen LogP contribution is -2.30. The van der Waals surface area contributed by atoms with Crippen LogP contribution in [-0.2, 0) is 16.1 Å². The number of hydrogen-bond donors (Lipinski definition) is 1. The highest BCUT2D eigenvalue weighted by Crippen LogP contribution is 2.19. The maximum absolute atomic E-state index is 9.97. The topological polar surface area (TPSA) is 38.7 Å². The van der Waals surface area contributed by atoms with E-state index >= 15 is 0 Å². The molecule has 0 saturated carbocycles. The lowest BCUT2D eigenvalue weighted by Gasteiger charge is -2.26. The van der Waals surface area contributed by atoms with Gasteiger partial charge in [0.25, 0.3) is 0 Å². The van der Waals surface area contributed by atoms with Gasteiger partial charge in [-0.15, -0.1) is 0 Å². The summed E-state index contributed by atoms with van der Waals surface area (Å²) < 4.78 is 10.8. The van der Waals surface area contributed by atoms with Crippen molar-refractivity contribution in [1.29, 1.82) is 0 Å². The van der Waals surface area contributed by atoms with Gasteiger partial charge in [-0.3, -0.25) is 0 Å². The minimum absolute atomic E-state index is 0.333. The van der Waals surface area contributed by atoms with Gasteiger partial charge in [0, 0.05) is 13.2 Å². The summed E-state index contributed by atoms with van der Waals surface area (Å²) in [6, 6.07) is 10.0. The van der Waals surface area contributed by atoms with E-state index in [0.29, 0.717) is 19.1 Å². The van der Waals surface area contributed by atoms with Crippen molar-refractivity contribution in [3.8, 4) is 0 Å². The first-order valence-corrected chi connectivity index (χ1v) is 6.24. The van der Waals surface area contributed by atoms with E-state index < -0.39 is 0 Å². The third-order valence-corrected chi connectivity index (χ3v) is 3.21. The normalized spacial score (nSPS) is 19.1. The van der Waals surface area contributed by atoms with Gasteiger partial charge < -0.3 is 14.6 Å². The first-order valence-electron chi connectivity index (χ1n) is 6.24. The molecule has 1 fully saturated rings. The van der Waals surface area contributed by atoms with Crippen molar-refractivity contribution in [3.63, 3.8) is 0 Å². The molecular formula is C14H20O3. The SMILES string of the molecule is OC(COCc1ccccc1)C1CCOCC1. The first-order chi connectivity index (χ1) is 8.36. The van der Waals surface area contributed by atoms with Crippen LogP contribution in [0.1, 0.15) is 18.4 Å². The number of hydrogen-bond acceptors (Lipinski definition) is 3. The molecule has 1 atom stereocenters. The average molecular weight is 236 g/mol. The molecule has 0 bridgehead atoms. The van der Waals surface area contributed by atoms with Gasteiger partial charge in [0.05, 0.1) is 19.3 Å². The largest absolute Gasteiger partial charge is 0.390 e. The average Bonchev–Trinajstić information content (AvgIpc) is 2.41. The molecule has 1 aromatic carbocycles. The zero-order chi connectivity index (χ0) is 11.9. The molecule has 0 amide bonds. The second-order valence-corrected chi connectivity index (χ2v) is 4.52. The Morgan fingerprint density at radius 2 is 1.94 bits per heavy atom. The van der Waals surface area contributed by atoms with Crippen LogP contribution in [0.3, 0.4) is 0 Å². The van der Waals surface area contributed by atoms with Gasteiger partial charge in [0.1, 0.15) is 0 Å². The highest BCUT2D eigenvalue weighted by Gasteiger charge is 2.21. The van der Waals surface area contributed by atoms with Gasteiger partial charge in [-0.2, -0.15) is 0 Å². The summed E-state index contributed by atoms with van der Waals surface area (Å²) in [6.07, 6.45) is 1.52. The number of rotatable bonds is 5. The van der Waals surface area contributed by atoms with Crippen molar-refractivity contribution in [2.75, 3.05) is 19.8 Å². The Morgan fingerprint density at radius 1 is 1.24 bits per heavy atom. The van der Waals surface area contributed by atoms with Crippen LogP contribution in [0.2, 0.25) is 0 Å². The van der Waals surface area contributed by atoms with E-state index in [1.807, 2.05) is 30.3 Å². The van der Waals surface area contributed by atoms with E-state index in [4.69, 9.17) is 9.47 Å². The maximum atomic E-state index is 9.97. The van der Waals surface area contributed by atoms with Crippen molar-refractivity contribution < 1.29 is 14.6 Å². The van der Waals surface area contributed by atoms with Crippen molar-refractivity contribution in [3.05, 3.63) is 35.9 Å². The van der Waals surface area contributed by atoms with Gasteiger partial charge in [0.2, 0.25) is 0 Å². The summed E-state index contributed by atoms with van der Waals surface area (Å²) in [7, 11) is 0. The Balaban J connectivity index is 1.67. The van der Waals surface area contributed by atoms with Crippen LogP contribution in [0.15, 0.2) is 30.3 Å². The Bertz CT molecular complexity index is 307. The molecule has 94 valence electrons. The summed E-state index contributed by atoms with van der Waals surface area (Å²) >= 11 is 0. The summed E-state index contributed by atoms with van der Waals surface area (Å²) in [5, 5.41) is 9.97. The van der Waals surface area contributed by atoms with Crippen molar-refractivity contribution in [2.24, 2.45) is 5.92 Å². The Hall–Kier alpha value is -0.900. The lowest BCUT2D eigenvalue weighted by molar-refractivity contribution is -0.0383. The molecule has 2 rings (SSSR count). The van der Waals surface area contributed by atoms with Gasteiger partial charge in [-0.25, -0.2) is 0 Å². The minimum atomic E-state index is -0.359. The maximum Gasteiger partial charge on any atom is 0.0803 e. The van der Waals surface area contributed by atoms with E-state index in [1.165, 1.54) is 0 Å². The summed E-state index contributed by atoms with van der Waals surface area (Å²) in [6.45, 7) is 2.52. The van der Waals surface area contributed by atoms with Crippen LogP contribution in [0.5, 0.6) is 0 Å². The van der Waals surface area contributed by atoms with Crippen molar-refractivity contribution >= 4 is 0 Å². The molecule has 0 aliphatic carbocycles. The van der Waals surface area contributed by atoms with Crippen molar-refractivity contribution in [1.82, 2.24) is 0 Å². The highest BCUT2D eigenvalue weighted by atomic mass is 16.5. The highest BCUT2D eigenvalue weighted by molar-refractivity contribution is 5.13. The zero-order valence-electron chi connectivity index (χ0n) is 10.0. The van der Waals surface area contributed by atoms with Crippen LogP contribution < -0.4 is 0 Å². The van der Waals surface area contributed by atoms with E-state index in [9.17, 15) is 5.11 Å². The van der Waals surface area contributed by atoms with Crippen LogP contribution in [0.4, 0.5) is 0 Å². The van der Waals surface area contributed by atoms with Gasteiger partial charge in [-0.1, -0.05) is 30.3 Å². The van der Waals surface area contributed by atoms with Crippen LogP contribution in [0.25, 0.3) is 0 Å². The number of benzene rings is 1. The second kappa shape index (κ2) is 6.74. The zero-order valence-corrected chi connectivity index (χ0v) is 10.0. The van der Waals surface area contributed by atoms with E-state index in [1.54, 1.807) is 0 Å². The molecule has 1 aliphatic heterocycles. The lowest BCUT2D eigenvalue weighted by atomic mass is 9.94. The number of ether oxygens (including phenoxy) is 2. The fraction of sp³-hybridized carbons (Fsp3) is 0.571. The quantitative estimate of drug-likeness (QED) is 0.849. The third-order valence-electron chi connectivity index (χ3n) is 3.21. The molecule has 1 saturated heterocycles. The van der Waals surface area contributed by atoms with E-state index in [0.717, 1.165) is 31.6 Å². The van der Waals surface area contributed by atoms with Gasteiger partial charge in [0.15, 0.2) is 0 Å². The molecule has 1 N–H and O–H groups in total. The Kier molecular flexibility index (Phi) is 4.98. The van der Waals surface area contributed by atoms with Gasteiger partial charge in [-0.05, 0) is 24.3 Å². The smallest absolute Gasteiger partial charge is 0.0803 e. The fourth-order valence-corrected chi connectivity index (χ4v) is 2.11. The monoisotopic (exact) mass is 236 g/mol. The molecule has 0 spiro atoms. The molecule has 3 heteroatoms. The standard InChI is InChI=1S/C14H20O3/c15-14(13-6-8-16-9-7-13)11-17-10-12-4-2-1-3-5-12/h1-5,13-15H,6-11H2. The van der Waals surface area contributed by atoms with E-state index in [2.05, 4.69) is 0 Å². The molecule has 3 nitrogen and oxygen atoms in total. The minimum Gasteiger partial charge on any atom is -0.390 e. The molecule has 1 aliphatic rings. The van der Waals surface area contributed by atoms with Crippen molar-refractivity contribution in [2.45, 2.75) is 25.6 Å². The number of aliphatic hydroxyl groups is 1. The van der Waals surface area contributed by atoms with E-state index in [-0.39, 0.29) is 6.10 Å². The molecule has 17 heavy (non-hydrogen) atoms. The summed E-state index contributed by atoms with van der Waals surface area (Å²) in [4.78, 5) is 0.